The fraction of sp³-hybridized carbons (Fsp3) is 0.0417. The minimum Gasteiger partial charge on any atom is -0.422 e. The van der Waals surface area contributed by atoms with Gasteiger partial charge in [-0.3, -0.25) is 4.72 Å². The highest BCUT2D eigenvalue weighted by Gasteiger charge is 2.17. The molecule has 5 nitrogen and oxygen atoms in total. The molecule has 4 aromatic rings. The van der Waals surface area contributed by atoms with Gasteiger partial charge in [0.1, 0.15) is 11.6 Å². The van der Waals surface area contributed by atoms with Gasteiger partial charge in [-0.1, -0.05) is 30.3 Å². The molecule has 0 aliphatic heterocycles. The van der Waals surface area contributed by atoms with E-state index in [1.165, 1.54) is 18.2 Å². The van der Waals surface area contributed by atoms with Crippen molar-refractivity contribution in [2.24, 2.45) is 0 Å². The molecular weight excluding hydrogens is 417 g/mol. The van der Waals surface area contributed by atoms with Crippen LogP contribution >= 0.6 is 0 Å². The minimum absolute atomic E-state index is 0.153. The Bertz CT molecular complexity index is 1430. The maximum Gasteiger partial charge on any atom is 0.344 e. The van der Waals surface area contributed by atoms with Gasteiger partial charge in [-0.2, -0.15) is 0 Å². The molecule has 0 unspecified atom stereocenters. The number of hydrogen-bond acceptors (Lipinski definition) is 4. The van der Waals surface area contributed by atoms with Gasteiger partial charge in [-0.05, 0) is 60.3 Å². The molecule has 3 aromatic carbocycles. The van der Waals surface area contributed by atoms with Gasteiger partial charge in [-0.15, -0.1) is 6.58 Å². The molecule has 1 heterocycles. The minimum atomic E-state index is -3.72. The Kier molecular flexibility index (Phi) is 5.44. The lowest BCUT2D eigenvalue weighted by molar-refractivity contribution is 0.529. The third-order valence-electron chi connectivity index (χ3n) is 4.80. The summed E-state index contributed by atoms with van der Waals surface area (Å²) in [5.74, 6) is -0.186. The van der Waals surface area contributed by atoms with Crippen LogP contribution in [0.4, 0.5) is 10.1 Å². The van der Waals surface area contributed by atoms with Crippen molar-refractivity contribution >= 4 is 26.5 Å². The quantitative estimate of drug-likeness (QED) is 0.426. The molecule has 0 saturated heterocycles. The van der Waals surface area contributed by atoms with E-state index in [0.717, 1.165) is 6.07 Å². The molecule has 31 heavy (non-hydrogen) atoms. The summed E-state index contributed by atoms with van der Waals surface area (Å²) in [6, 6.07) is 18.5. The first-order valence-electron chi connectivity index (χ1n) is 9.43. The van der Waals surface area contributed by atoms with Crippen molar-refractivity contribution in [3.05, 3.63) is 107 Å². The standard InChI is InChI=1S/C24H18FNO4S/c1-2-6-21-20-14-11-17(25)15-22(20)24(27)30-23(21)16-9-12-18(13-10-16)26-31(28,29)19-7-4-3-5-8-19/h2-5,7-15,26H,1,6H2. The van der Waals surface area contributed by atoms with Gasteiger partial charge in [0.25, 0.3) is 10.0 Å². The molecule has 0 atom stereocenters. The van der Waals surface area contributed by atoms with E-state index in [-0.39, 0.29) is 10.3 Å². The van der Waals surface area contributed by atoms with E-state index in [2.05, 4.69) is 11.3 Å². The van der Waals surface area contributed by atoms with E-state index in [0.29, 0.717) is 34.4 Å². The first-order valence-corrected chi connectivity index (χ1v) is 10.9. The molecular formula is C24H18FNO4S. The largest absolute Gasteiger partial charge is 0.422 e. The second kappa shape index (κ2) is 8.20. The number of fused-ring (bicyclic) bond motifs is 1. The van der Waals surface area contributed by atoms with Gasteiger partial charge in [0.2, 0.25) is 0 Å². The second-order valence-corrected chi connectivity index (χ2v) is 8.56. The monoisotopic (exact) mass is 435 g/mol. The van der Waals surface area contributed by atoms with E-state index >= 15 is 0 Å². The fourth-order valence-electron chi connectivity index (χ4n) is 3.36. The molecule has 0 amide bonds. The van der Waals surface area contributed by atoms with Crippen molar-refractivity contribution < 1.29 is 17.2 Å². The van der Waals surface area contributed by atoms with Gasteiger partial charge in [0.05, 0.1) is 10.3 Å². The van der Waals surface area contributed by atoms with Gasteiger partial charge < -0.3 is 4.42 Å². The summed E-state index contributed by atoms with van der Waals surface area (Å²) < 4.78 is 46.6. The summed E-state index contributed by atoms with van der Waals surface area (Å²) in [6.07, 6.45) is 2.08. The van der Waals surface area contributed by atoms with E-state index in [1.807, 2.05) is 0 Å². The number of anilines is 1. The number of sulfonamides is 1. The zero-order chi connectivity index (χ0) is 22.0. The lowest BCUT2D eigenvalue weighted by atomic mass is 9.99. The number of halogens is 1. The van der Waals surface area contributed by atoms with Crippen molar-refractivity contribution in [2.75, 3.05) is 4.72 Å². The molecule has 0 bridgehead atoms. The molecule has 0 radical (unpaired) electrons. The predicted molar refractivity (Wildman–Crippen MR) is 119 cm³/mol. The van der Waals surface area contributed by atoms with Crippen LogP contribution < -0.4 is 10.3 Å². The lowest BCUT2D eigenvalue weighted by Gasteiger charge is -2.12. The van der Waals surface area contributed by atoms with Crippen LogP contribution in [0.25, 0.3) is 22.1 Å². The molecule has 1 aromatic heterocycles. The van der Waals surface area contributed by atoms with Crippen LogP contribution in [0.5, 0.6) is 0 Å². The normalized spacial score (nSPS) is 11.4. The summed E-state index contributed by atoms with van der Waals surface area (Å²) in [5.41, 5.74) is 0.999. The van der Waals surface area contributed by atoms with Crippen LogP contribution in [0.15, 0.2) is 99.6 Å². The zero-order valence-electron chi connectivity index (χ0n) is 16.3. The molecule has 156 valence electrons. The highest BCUT2D eigenvalue weighted by molar-refractivity contribution is 7.92. The van der Waals surface area contributed by atoms with Crippen LogP contribution in [0.2, 0.25) is 0 Å². The summed E-state index contributed by atoms with van der Waals surface area (Å²) in [4.78, 5) is 12.6. The van der Waals surface area contributed by atoms with E-state index in [4.69, 9.17) is 4.42 Å². The van der Waals surface area contributed by atoms with Crippen LogP contribution in [-0.2, 0) is 16.4 Å². The van der Waals surface area contributed by atoms with Crippen LogP contribution in [-0.4, -0.2) is 8.42 Å². The van der Waals surface area contributed by atoms with E-state index < -0.39 is 21.5 Å². The third kappa shape index (κ3) is 4.13. The van der Waals surface area contributed by atoms with Crippen LogP contribution in [0.3, 0.4) is 0 Å². The van der Waals surface area contributed by atoms with Crippen LogP contribution in [0.1, 0.15) is 5.56 Å². The number of rotatable bonds is 6. The number of nitrogens with one attached hydrogen (secondary N) is 1. The first-order chi connectivity index (χ1) is 14.9. The Morgan fingerprint density at radius 1 is 0.968 bits per heavy atom. The molecule has 7 heteroatoms. The maximum atomic E-state index is 13.6. The molecule has 0 saturated carbocycles. The maximum absolute atomic E-state index is 13.6. The average Bonchev–Trinajstić information content (AvgIpc) is 2.77. The third-order valence-corrected chi connectivity index (χ3v) is 6.19. The molecule has 0 fully saturated rings. The molecule has 1 N–H and O–H groups in total. The molecule has 0 aliphatic rings. The van der Waals surface area contributed by atoms with Gasteiger partial charge in [0, 0.05) is 16.8 Å². The SMILES string of the molecule is C=CCc1c(-c2ccc(NS(=O)(=O)c3ccccc3)cc2)oc(=O)c2cc(F)ccc12. The van der Waals surface area contributed by atoms with Gasteiger partial charge >= 0.3 is 5.63 Å². The molecule has 0 aliphatic carbocycles. The summed E-state index contributed by atoms with van der Waals surface area (Å²) in [7, 11) is -3.72. The van der Waals surface area contributed by atoms with Gasteiger partial charge in [0.15, 0.2) is 0 Å². The zero-order valence-corrected chi connectivity index (χ0v) is 17.2. The predicted octanol–water partition coefficient (Wildman–Crippen LogP) is 5.13. The Labute approximate surface area is 178 Å². The second-order valence-electron chi connectivity index (χ2n) is 6.88. The Morgan fingerprint density at radius 2 is 1.68 bits per heavy atom. The van der Waals surface area contributed by atoms with Crippen molar-refractivity contribution in [3.63, 3.8) is 0 Å². The molecule has 4 rings (SSSR count). The van der Waals surface area contributed by atoms with Crippen molar-refractivity contribution in [3.8, 4) is 11.3 Å². The Balaban J connectivity index is 1.74. The summed E-state index contributed by atoms with van der Waals surface area (Å²) in [6.45, 7) is 3.75. The Morgan fingerprint density at radius 3 is 2.35 bits per heavy atom. The van der Waals surface area contributed by atoms with E-state index in [9.17, 15) is 17.6 Å². The average molecular weight is 435 g/mol. The topological polar surface area (TPSA) is 76.4 Å². The summed E-state index contributed by atoms with van der Waals surface area (Å²) >= 11 is 0. The van der Waals surface area contributed by atoms with Gasteiger partial charge in [-0.25, -0.2) is 17.6 Å². The number of benzene rings is 3. The molecule has 0 spiro atoms. The summed E-state index contributed by atoms with van der Waals surface area (Å²) in [5, 5.41) is 0.745. The highest BCUT2D eigenvalue weighted by atomic mass is 32.2. The number of allylic oxidation sites excluding steroid dienone is 1. The number of hydrogen-bond donors (Lipinski definition) is 1. The van der Waals surface area contributed by atoms with Crippen molar-refractivity contribution in [1.82, 2.24) is 0 Å². The smallest absolute Gasteiger partial charge is 0.344 e. The first kappa shape index (κ1) is 20.6. The van der Waals surface area contributed by atoms with Crippen LogP contribution in [0, 0.1) is 5.82 Å². The van der Waals surface area contributed by atoms with Crippen molar-refractivity contribution in [2.45, 2.75) is 11.3 Å². The lowest BCUT2D eigenvalue weighted by Crippen LogP contribution is -2.12. The highest BCUT2D eigenvalue weighted by Crippen LogP contribution is 2.30. The Hall–Kier alpha value is -3.71. The van der Waals surface area contributed by atoms with E-state index in [1.54, 1.807) is 54.6 Å². The van der Waals surface area contributed by atoms with Crippen molar-refractivity contribution in [1.29, 1.82) is 0 Å². The fourth-order valence-corrected chi connectivity index (χ4v) is 4.44.